The van der Waals surface area contributed by atoms with Crippen LogP contribution in [0.3, 0.4) is 0 Å². The largest absolute Gasteiger partial charge is 0.481 e. The lowest BCUT2D eigenvalue weighted by molar-refractivity contribution is -0.128. The number of halogens is 1. The average Bonchev–Trinajstić information content (AvgIpc) is 2.35. The number of nitrogens with one attached hydrogen (secondary N) is 1. The smallest absolute Gasteiger partial charge is 0.261 e. The predicted molar refractivity (Wildman–Crippen MR) is 80.5 cm³/mol. The van der Waals surface area contributed by atoms with E-state index >= 15 is 0 Å². The Balaban J connectivity index is 2.66. The van der Waals surface area contributed by atoms with Gasteiger partial charge in [-0.3, -0.25) is 4.79 Å². The zero-order chi connectivity index (χ0) is 15.3. The summed E-state index contributed by atoms with van der Waals surface area (Å²) in [4.78, 5) is 12.0. The third-order valence-electron chi connectivity index (χ3n) is 2.90. The van der Waals surface area contributed by atoms with Crippen molar-refractivity contribution in [3.63, 3.8) is 0 Å². The molecule has 0 aliphatic carbocycles. The van der Waals surface area contributed by atoms with E-state index < -0.39 is 6.10 Å². The fraction of sp³-hybridized carbons (Fsp3) is 0.533. The van der Waals surface area contributed by atoms with Crippen molar-refractivity contribution in [2.75, 3.05) is 13.7 Å². The second-order valence-corrected chi connectivity index (χ2v) is 5.37. The van der Waals surface area contributed by atoms with Crippen LogP contribution in [0.1, 0.15) is 25.0 Å². The first kappa shape index (κ1) is 16.8. The summed E-state index contributed by atoms with van der Waals surface area (Å²) in [5.41, 5.74) is 1.86. The van der Waals surface area contributed by atoms with Crippen LogP contribution in [0.15, 0.2) is 12.1 Å². The Morgan fingerprint density at radius 2 is 1.85 bits per heavy atom. The van der Waals surface area contributed by atoms with Crippen LogP contribution in [0.5, 0.6) is 5.75 Å². The van der Waals surface area contributed by atoms with Gasteiger partial charge < -0.3 is 14.8 Å². The van der Waals surface area contributed by atoms with Gasteiger partial charge in [0.1, 0.15) is 5.75 Å². The molecule has 0 saturated carbocycles. The van der Waals surface area contributed by atoms with Crippen LogP contribution in [0.2, 0.25) is 5.02 Å². The van der Waals surface area contributed by atoms with E-state index in [2.05, 4.69) is 5.32 Å². The molecule has 0 radical (unpaired) electrons. The standard InChI is InChI=1S/C15H22ClNO3/c1-9-6-13(7-10(2)14(9)16)20-12(4)15(18)17-11(3)8-19-5/h6-7,11-12H,8H2,1-5H3,(H,17,18)/t11-,12-/m1/s1. The topological polar surface area (TPSA) is 47.6 Å². The minimum absolute atomic E-state index is 0.0489. The molecular formula is C15H22ClNO3. The van der Waals surface area contributed by atoms with Crippen LogP contribution in [-0.2, 0) is 9.53 Å². The normalized spacial score (nSPS) is 13.7. The highest BCUT2D eigenvalue weighted by molar-refractivity contribution is 6.32. The average molecular weight is 300 g/mol. The molecule has 112 valence electrons. The first-order valence-corrected chi connectivity index (χ1v) is 6.95. The van der Waals surface area contributed by atoms with Crippen molar-refractivity contribution in [2.45, 2.75) is 39.8 Å². The Morgan fingerprint density at radius 1 is 1.30 bits per heavy atom. The van der Waals surface area contributed by atoms with Gasteiger partial charge in [-0.15, -0.1) is 0 Å². The Bertz CT molecular complexity index is 453. The Kier molecular flexibility index (Phi) is 6.30. The second kappa shape index (κ2) is 7.50. The maximum absolute atomic E-state index is 12.0. The Labute approximate surface area is 125 Å². The summed E-state index contributed by atoms with van der Waals surface area (Å²) >= 11 is 6.10. The monoisotopic (exact) mass is 299 g/mol. The maximum Gasteiger partial charge on any atom is 0.261 e. The highest BCUT2D eigenvalue weighted by Gasteiger charge is 2.17. The van der Waals surface area contributed by atoms with Gasteiger partial charge in [-0.25, -0.2) is 0 Å². The summed E-state index contributed by atoms with van der Waals surface area (Å²) in [5.74, 6) is 0.478. The van der Waals surface area contributed by atoms with Gasteiger partial charge in [0.2, 0.25) is 0 Å². The lowest BCUT2D eigenvalue weighted by Crippen LogP contribution is -2.43. The summed E-state index contributed by atoms with van der Waals surface area (Å²) in [7, 11) is 1.60. The van der Waals surface area contributed by atoms with Crippen molar-refractivity contribution < 1.29 is 14.3 Å². The minimum atomic E-state index is -0.575. The van der Waals surface area contributed by atoms with E-state index in [1.807, 2.05) is 32.9 Å². The summed E-state index contributed by atoms with van der Waals surface area (Å²) in [6.45, 7) is 7.89. The molecule has 1 aromatic carbocycles. The van der Waals surface area contributed by atoms with Crippen LogP contribution in [-0.4, -0.2) is 31.8 Å². The Morgan fingerprint density at radius 3 is 2.35 bits per heavy atom. The molecule has 1 N–H and O–H groups in total. The van der Waals surface area contributed by atoms with E-state index in [9.17, 15) is 4.79 Å². The molecular weight excluding hydrogens is 278 g/mol. The molecule has 1 amide bonds. The van der Waals surface area contributed by atoms with E-state index in [-0.39, 0.29) is 11.9 Å². The third kappa shape index (κ3) is 4.69. The SMILES string of the molecule is COC[C@@H](C)NC(=O)[C@@H](C)Oc1cc(C)c(Cl)c(C)c1. The molecule has 4 nitrogen and oxygen atoms in total. The summed E-state index contributed by atoms with van der Waals surface area (Å²) in [6, 6.07) is 3.61. The van der Waals surface area contributed by atoms with Crippen molar-refractivity contribution in [2.24, 2.45) is 0 Å². The highest BCUT2D eigenvalue weighted by Crippen LogP contribution is 2.26. The van der Waals surface area contributed by atoms with Gasteiger partial charge in [0.05, 0.1) is 6.61 Å². The van der Waals surface area contributed by atoms with Crippen molar-refractivity contribution in [3.05, 3.63) is 28.3 Å². The zero-order valence-electron chi connectivity index (χ0n) is 12.6. The molecule has 0 unspecified atom stereocenters. The molecule has 0 bridgehead atoms. The van der Waals surface area contributed by atoms with Crippen molar-refractivity contribution in [3.8, 4) is 5.75 Å². The number of amides is 1. The molecule has 2 atom stereocenters. The molecule has 0 aliphatic heterocycles. The first-order valence-electron chi connectivity index (χ1n) is 6.57. The molecule has 0 heterocycles. The lowest BCUT2D eigenvalue weighted by Gasteiger charge is -2.19. The van der Waals surface area contributed by atoms with E-state index in [4.69, 9.17) is 21.1 Å². The zero-order valence-corrected chi connectivity index (χ0v) is 13.4. The van der Waals surface area contributed by atoms with Crippen molar-refractivity contribution in [1.29, 1.82) is 0 Å². The van der Waals surface area contributed by atoms with Gasteiger partial charge in [0.15, 0.2) is 6.10 Å². The van der Waals surface area contributed by atoms with Crippen molar-refractivity contribution >= 4 is 17.5 Å². The molecule has 0 aromatic heterocycles. The maximum atomic E-state index is 12.0. The fourth-order valence-electron chi connectivity index (χ4n) is 1.88. The van der Waals surface area contributed by atoms with Gasteiger partial charge in [-0.2, -0.15) is 0 Å². The van der Waals surface area contributed by atoms with Gasteiger partial charge in [0, 0.05) is 18.2 Å². The second-order valence-electron chi connectivity index (χ2n) is 5.00. The minimum Gasteiger partial charge on any atom is -0.481 e. The van der Waals surface area contributed by atoms with E-state index in [1.165, 1.54) is 0 Å². The van der Waals surface area contributed by atoms with Gasteiger partial charge in [-0.05, 0) is 51.0 Å². The van der Waals surface area contributed by atoms with E-state index in [0.717, 1.165) is 16.1 Å². The number of hydrogen-bond acceptors (Lipinski definition) is 3. The molecule has 0 aliphatic rings. The number of carbonyl (C=O) groups excluding carboxylic acids is 1. The third-order valence-corrected chi connectivity index (χ3v) is 3.49. The van der Waals surface area contributed by atoms with Crippen LogP contribution >= 0.6 is 11.6 Å². The summed E-state index contributed by atoms with van der Waals surface area (Å²) in [6.07, 6.45) is -0.575. The molecule has 0 fully saturated rings. The molecule has 0 saturated heterocycles. The van der Waals surface area contributed by atoms with E-state index in [0.29, 0.717) is 12.4 Å². The Hall–Kier alpha value is -1.26. The molecule has 5 heteroatoms. The number of methoxy groups -OCH3 is 1. The molecule has 1 aromatic rings. The number of benzene rings is 1. The lowest BCUT2D eigenvalue weighted by atomic mass is 10.1. The molecule has 0 spiro atoms. The van der Waals surface area contributed by atoms with Crippen LogP contribution < -0.4 is 10.1 Å². The number of carbonyl (C=O) groups is 1. The first-order chi connectivity index (χ1) is 9.35. The van der Waals surface area contributed by atoms with Crippen LogP contribution in [0, 0.1) is 13.8 Å². The number of rotatable bonds is 6. The quantitative estimate of drug-likeness (QED) is 0.878. The highest BCUT2D eigenvalue weighted by atomic mass is 35.5. The van der Waals surface area contributed by atoms with Crippen molar-refractivity contribution in [1.82, 2.24) is 5.32 Å². The molecule has 20 heavy (non-hydrogen) atoms. The number of hydrogen-bond donors (Lipinski definition) is 1. The number of aryl methyl sites for hydroxylation is 2. The molecule has 1 rings (SSSR count). The predicted octanol–water partition coefficient (Wildman–Crippen LogP) is 2.88. The van der Waals surface area contributed by atoms with Gasteiger partial charge >= 0.3 is 0 Å². The summed E-state index contributed by atoms with van der Waals surface area (Å²) < 4.78 is 10.6. The van der Waals surface area contributed by atoms with Gasteiger partial charge in [0.25, 0.3) is 5.91 Å². The fourth-order valence-corrected chi connectivity index (χ4v) is 1.99. The van der Waals surface area contributed by atoms with E-state index in [1.54, 1.807) is 14.0 Å². The van der Waals surface area contributed by atoms with Gasteiger partial charge in [-0.1, -0.05) is 11.6 Å². The van der Waals surface area contributed by atoms with Crippen LogP contribution in [0.4, 0.5) is 0 Å². The van der Waals surface area contributed by atoms with Crippen LogP contribution in [0.25, 0.3) is 0 Å². The summed E-state index contributed by atoms with van der Waals surface area (Å²) in [5, 5.41) is 3.55. The number of ether oxygens (including phenoxy) is 2.